The van der Waals surface area contributed by atoms with E-state index in [2.05, 4.69) is 87.1 Å². The molecule has 106 valence electrons. The van der Waals surface area contributed by atoms with Crippen LogP contribution in [0.15, 0.2) is 48.5 Å². The Bertz CT molecular complexity index is 568. The molecule has 0 aromatic heterocycles. The molecule has 2 rings (SSSR count). The summed E-state index contributed by atoms with van der Waals surface area (Å²) >= 11 is 0. The van der Waals surface area contributed by atoms with Crippen molar-refractivity contribution in [2.75, 3.05) is 10.9 Å². The number of hydrogen-bond acceptors (Lipinski definition) is 2. The summed E-state index contributed by atoms with van der Waals surface area (Å²) in [7, 11) is 0. The lowest BCUT2D eigenvalue weighted by molar-refractivity contribution is 0.590. The summed E-state index contributed by atoms with van der Waals surface area (Å²) in [5.74, 6) is 0. The van der Waals surface area contributed by atoms with Gasteiger partial charge in [0, 0.05) is 0 Å². The molecule has 0 unspecified atom stereocenters. The highest BCUT2D eigenvalue weighted by Crippen LogP contribution is 2.25. The fourth-order valence-corrected chi connectivity index (χ4v) is 2.15. The fourth-order valence-electron chi connectivity index (χ4n) is 2.15. The molecule has 0 bridgehead atoms. The summed E-state index contributed by atoms with van der Waals surface area (Å²) in [5.41, 5.74) is 11.6. The maximum atomic E-state index is 3.31. The quantitative estimate of drug-likeness (QED) is 0.764. The first-order valence-corrected chi connectivity index (χ1v) is 7.21. The lowest BCUT2D eigenvalue weighted by Gasteiger charge is -2.20. The first-order valence-electron chi connectivity index (χ1n) is 7.21. The lowest BCUT2D eigenvalue weighted by Crippen LogP contribution is -2.14. The van der Waals surface area contributed by atoms with Crippen molar-refractivity contribution in [3.8, 4) is 0 Å². The van der Waals surface area contributed by atoms with Crippen molar-refractivity contribution in [1.29, 1.82) is 0 Å². The van der Waals surface area contributed by atoms with Crippen molar-refractivity contribution in [1.82, 2.24) is 0 Å². The van der Waals surface area contributed by atoms with Crippen LogP contribution in [-0.2, 0) is 11.8 Å². The van der Waals surface area contributed by atoms with E-state index in [1.54, 1.807) is 0 Å². The zero-order valence-electron chi connectivity index (χ0n) is 12.8. The van der Waals surface area contributed by atoms with E-state index in [0.29, 0.717) is 0 Å². The van der Waals surface area contributed by atoms with E-state index in [9.17, 15) is 0 Å². The number of hydrogen-bond donors (Lipinski definition) is 2. The molecule has 0 heterocycles. The molecule has 0 atom stereocenters. The number of aryl methyl sites for hydroxylation is 1. The Labute approximate surface area is 122 Å². The van der Waals surface area contributed by atoms with Crippen molar-refractivity contribution >= 4 is 11.4 Å². The molecule has 0 radical (unpaired) electrons. The molecule has 0 spiro atoms. The molecule has 0 saturated carbocycles. The second-order valence-corrected chi connectivity index (χ2v) is 6.09. The summed E-state index contributed by atoms with van der Waals surface area (Å²) in [6, 6.07) is 16.9. The van der Waals surface area contributed by atoms with E-state index in [1.165, 1.54) is 11.1 Å². The minimum atomic E-state index is 0.166. The summed E-state index contributed by atoms with van der Waals surface area (Å²) < 4.78 is 0. The second kappa shape index (κ2) is 6.00. The number of rotatable bonds is 4. The highest BCUT2D eigenvalue weighted by molar-refractivity contribution is 5.57. The van der Waals surface area contributed by atoms with Crippen LogP contribution >= 0.6 is 0 Å². The van der Waals surface area contributed by atoms with Crippen LogP contribution in [0.4, 0.5) is 11.4 Å². The first-order chi connectivity index (χ1) is 9.50. The molecule has 2 heteroatoms. The van der Waals surface area contributed by atoms with Crippen LogP contribution in [0.3, 0.4) is 0 Å². The van der Waals surface area contributed by atoms with E-state index in [1.807, 2.05) is 0 Å². The van der Waals surface area contributed by atoms with Crippen LogP contribution in [0.1, 0.15) is 38.8 Å². The van der Waals surface area contributed by atoms with Crippen LogP contribution in [0.5, 0.6) is 0 Å². The summed E-state index contributed by atoms with van der Waals surface area (Å²) in [4.78, 5) is 0. The third-order valence-electron chi connectivity index (χ3n) is 3.47. The number of anilines is 2. The highest BCUT2D eigenvalue weighted by Gasteiger charge is 2.13. The number of hydrazine groups is 1. The Morgan fingerprint density at radius 2 is 1.65 bits per heavy atom. The van der Waals surface area contributed by atoms with Gasteiger partial charge < -0.3 is 10.9 Å². The number of nitrogens with one attached hydrogen (secondary N) is 2. The molecule has 0 amide bonds. The van der Waals surface area contributed by atoms with Crippen molar-refractivity contribution in [2.24, 2.45) is 0 Å². The first kappa shape index (κ1) is 14.4. The van der Waals surface area contributed by atoms with Crippen molar-refractivity contribution in [3.05, 3.63) is 59.7 Å². The fraction of sp³-hybridized carbons (Fsp3) is 0.333. The number of para-hydroxylation sites is 1. The molecule has 20 heavy (non-hydrogen) atoms. The van der Waals surface area contributed by atoms with E-state index in [-0.39, 0.29) is 5.41 Å². The Morgan fingerprint density at radius 1 is 0.900 bits per heavy atom. The van der Waals surface area contributed by atoms with Gasteiger partial charge in [-0.1, -0.05) is 58.0 Å². The second-order valence-electron chi connectivity index (χ2n) is 6.09. The van der Waals surface area contributed by atoms with Gasteiger partial charge in [-0.2, -0.15) is 0 Å². The average molecular weight is 268 g/mol. The molecule has 0 aliphatic carbocycles. The molecule has 0 fully saturated rings. The summed E-state index contributed by atoms with van der Waals surface area (Å²) in [5, 5.41) is 0. The Hall–Kier alpha value is -1.96. The molecule has 0 aliphatic rings. The van der Waals surface area contributed by atoms with Crippen molar-refractivity contribution in [3.63, 3.8) is 0 Å². The third-order valence-corrected chi connectivity index (χ3v) is 3.47. The molecule has 2 nitrogen and oxygen atoms in total. The molecular weight excluding hydrogens is 244 g/mol. The van der Waals surface area contributed by atoms with Gasteiger partial charge in [0.1, 0.15) is 0 Å². The van der Waals surface area contributed by atoms with Crippen LogP contribution in [-0.4, -0.2) is 0 Å². The van der Waals surface area contributed by atoms with Gasteiger partial charge in [-0.3, -0.25) is 0 Å². The Morgan fingerprint density at radius 3 is 2.35 bits per heavy atom. The van der Waals surface area contributed by atoms with Crippen LogP contribution < -0.4 is 10.9 Å². The largest absolute Gasteiger partial charge is 0.301 e. The molecule has 2 N–H and O–H groups in total. The van der Waals surface area contributed by atoms with E-state index < -0.39 is 0 Å². The maximum Gasteiger partial charge on any atom is 0.0571 e. The van der Waals surface area contributed by atoms with Gasteiger partial charge in [-0.05, 0) is 41.2 Å². The molecular formula is C18H24N2. The van der Waals surface area contributed by atoms with Gasteiger partial charge in [-0.25, -0.2) is 0 Å². The maximum absolute atomic E-state index is 3.31. The monoisotopic (exact) mass is 268 g/mol. The lowest BCUT2D eigenvalue weighted by atomic mass is 9.87. The van der Waals surface area contributed by atoms with Gasteiger partial charge in [0.05, 0.1) is 11.4 Å². The SMILES string of the molecule is CCc1ccccc1NNc1cccc(C(C)(C)C)c1. The molecule has 0 saturated heterocycles. The van der Waals surface area contributed by atoms with Gasteiger partial charge in [-0.15, -0.1) is 0 Å². The molecule has 0 aliphatic heterocycles. The zero-order valence-corrected chi connectivity index (χ0v) is 12.8. The van der Waals surface area contributed by atoms with Crippen molar-refractivity contribution in [2.45, 2.75) is 39.5 Å². The summed E-state index contributed by atoms with van der Waals surface area (Å²) in [6.45, 7) is 8.85. The van der Waals surface area contributed by atoms with Crippen LogP contribution in [0, 0.1) is 0 Å². The predicted molar refractivity (Wildman–Crippen MR) is 88.2 cm³/mol. The van der Waals surface area contributed by atoms with Gasteiger partial charge in [0.2, 0.25) is 0 Å². The molecule has 2 aromatic rings. The Kier molecular flexibility index (Phi) is 4.33. The normalized spacial score (nSPS) is 11.2. The van der Waals surface area contributed by atoms with Crippen LogP contribution in [0.25, 0.3) is 0 Å². The van der Waals surface area contributed by atoms with Gasteiger partial charge >= 0.3 is 0 Å². The minimum Gasteiger partial charge on any atom is -0.301 e. The van der Waals surface area contributed by atoms with Gasteiger partial charge in [0.15, 0.2) is 0 Å². The van der Waals surface area contributed by atoms with E-state index in [4.69, 9.17) is 0 Å². The van der Waals surface area contributed by atoms with Gasteiger partial charge in [0.25, 0.3) is 0 Å². The standard InChI is InChI=1S/C18H24N2/c1-5-14-9-6-7-12-17(14)20-19-16-11-8-10-15(13-16)18(2,3)4/h6-13,19-20H,5H2,1-4H3. The predicted octanol–water partition coefficient (Wildman–Crippen LogP) is 4.99. The third kappa shape index (κ3) is 3.53. The zero-order chi connectivity index (χ0) is 14.6. The van der Waals surface area contributed by atoms with Crippen LogP contribution in [0.2, 0.25) is 0 Å². The summed E-state index contributed by atoms with van der Waals surface area (Å²) in [6.07, 6.45) is 1.02. The van der Waals surface area contributed by atoms with Crippen molar-refractivity contribution < 1.29 is 0 Å². The van der Waals surface area contributed by atoms with E-state index >= 15 is 0 Å². The van der Waals surface area contributed by atoms with E-state index in [0.717, 1.165) is 17.8 Å². The molecule has 2 aromatic carbocycles. The average Bonchev–Trinajstić information content (AvgIpc) is 2.45. The smallest absolute Gasteiger partial charge is 0.0571 e. The minimum absolute atomic E-state index is 0.166. The number of benzene rings is 2. The topological polar surface area (TPSA) is 24.1 Å². The Balaban J connectivity index is 2.11. The highest BCUT2D eigenvalue weighted by atomic mass is 15.4.